The summed E-state index contributed by atoms with van der Waals surface area (Å²) in [6.45, 7) is 9.72. The van der Waals surface area contributed by atoms with Gasteiger partial charge in [-0.15, -0.1) is 0 Å². The Kier molecular flexibility index (Phi) is 7.85. The Bertz CT molecular complexity index is 419. The molecule has 3 nitrogen and oxygen atoms in total. The summed E-state index contributed by atoms with van der Waals surface area (Å²) < 4.78 is 0.930. The van der Waals surface area contributed by atoms with Gasteiger partial charge in [-0.2, -0.15) is 0 Å². The Labute approximate surface area is 130 Å². The molecule has 1 unspecified atom stereocenters. The summed E-state index contributed by atoms with van der Waals surface area (Å²) in [7, 11) is 0. The minimum atomic E-state index is 0.00152. The predicted molar refractivity (Wildman–Crippen MR) is 88.1 cm³/mol. The van der Waals surface area contributed by atoms with Crippen molar-refractivity contribution in [2.75, 3.05) is 19.6 Å². The molecule has 0 aromatic heterocycles. The van der Waals surface area contributed by atoms with E-state index in [0.29, 0.717) is 5.56 Å². The van der Waals surface area contributed by atoms with Crippen molar-refractivity contribution < 1.29 is 4.79 Å². The second-order valence-corrected chi connectivity index (χ2v) is 5.97. The third kappa shape index (κ3) is 6.06. The van der Waals surface area contributed by atoms with E-state index in [9.17, 15) is 4.79 Å². The average molecular weight is 341 g/mol. The van der Waals surface area contributed by atoms with E-state index in [2.05, 4.69) is 46.9 Å². The van der Waals surface area contributed by atoms with Gasteiger partial charge in [-0.3, -0.25) is 4.79 Å². The highest BCUT2D eigenvalue weighted by molar-refractivity contribution is 9.10. The molecule has 1 aromatic carbocycles. The number of nitrogens with zero attached hydrogens (tertiary/aromatic N) is 1. The number of hydrogen-bond donors (Lipinski definition) is 1. The van der Waals surface area contributed by atoms with Crippen LogP contribution in [0.2, 0.25) is 0 Å². The molecule has 0 saturated carbocycles. The van der Waals surface area contributed by atoms with Crippen molar-refractivity contribution in [3.63, 3.8) is 0 Å². The summed E-state index contributed by atoms with van der Waals surface area (Å²) in [6.07, 6.45) is 2.12. The molecule has 112 valence electrons. The van der Waals surface area contributed by atoms with Crippen molar-refractivity contribution in [3.05, 3.63) is 34.3 Å². The van der Waals surface area contributed by atoms with Gasteiger partial charge in [0.25, 0.3) is 5.91 Å². The van der Waals surface area contributed by atoms with E-state index in [4.69, 9.17) is 0 Å². The fraction of sp³-hybridized carbons (Fsp3) is 0.562. The third-order valence-corrected chi connectivity index (χ3v) is 3.96. The maximum atomic E-state index is 12.1. The summed E-state index contributed by atoms with van der Waals surface area (Å²) in [5.41, 5.74) is 0.704. The third-order valence-electron chi connectivity index (χ3n) is 3.47. The standard InChI is InChI=1S/C16H25BrN2O/c1-4-19(5-2)11-7-8-13(3)18-16(20)14-9-6-10-15(17)12-14/h6,9-10,12-13H,4-5,7-8,11H2,1-3H3,(H,18,20). The molecule has 1 rings (SSSR count). The largest absolute Gasteiger partial charge is 0.350 e. The molecule has 1 N–H and O–H groups in total. The van der Waals surface area contributed by atoms with Crippen molar-refractivity contribution in [3.8, 4) is 0 Å². The summed E-state index contributed by atoms with van der Waals surface area (Å²) >= 11 is 3.38. The van der Waals surface area contributed by atoms with Crippen molar-refractivity contribution >= 4 is 21.8 Å². The molecule has 0 heterocycles. The first-order valence-electron chi connectivity index (χ1n) is 7.35. The summed E-state index contributed by atoms with van der Waals surface area (Å²) in [5, 5.41) is 3.05. The Hall–Kier alpha value is -0.870. The molecular weight excluding hydrogens is 316 g/mol. The van der Waals surface area contributed by atoms with Gasteiger partial charge >= 0.3 is 0 Å². The smallest absolute Gasteiger partial charge is 0.251 e. The van der Waals surface area contributed by atoms with Crippen LogP contribution in [0.25, 0.3) is 0 Å². The van der Waals surface area contributed by atoms with Gasteiger partial charge in [-0.25, -0.2) is 0 Å². The van der Waals surface area contributed by atoms with Gasteiger partial charge in [0, 0.05) is 16.1 Å². The van der Waals surface area contributed by atoms with E-state index >= 15 is 0 Å². The zero-order valence-corrected chi connectivity index (χ0v) is 14.2. The van der Waals surface area contributed by atoms with Crippen molar-refractivity contribution in [1.82, 2.24) is 10.2 Å². The highest BCUT2D eigenvalue weighted by atomic mass is 79.9. The van der Waals surface area contributed by atoms with Crippen LogP contribution >= 0.6 is 15.9 Å². The Balaban J connectivity index is 2.35. The van der Waals surface area contributed by atoms with Crippen LogP contribution in [0, 0.1) is 0 Å². The first kappa shape index (κ1) is 17.2. The lowest BCUT2D eigenvalue weighted by Crippen LogP contribution is -2.33. The minimum Gasteiger partial charge on any atom is -0.350 e. The van der Waals surface area contributed by atoms with Crippen LogP contribution in [0.4, 0.5) is 0 Å². The number of rotatable bonds is 8. The monoisotopic (exact) mass is 340 g/mol. The molecule has 0 spiro atoms. The highest BCUT2D eigenvalue weighted by Gasteiger charge is 2.10. The van der Waals surface area contributed by atoms with Crippen LogP contribution in [0.15, 0.2) is 28.7 Å². The quantitative estimate of drug-likeness (QED) is 0.782. The van der Waals surface area contributed by atoms with Crippen LogP contribution in [0.3, 0.4) is 0 Å². The highest BCUT2D eigenvalue weighted by Crippen LogP contribution is 2.12. The van der Waals surface area contributed by atoms with Gasteiger partial charge in [0.15, 0.2) is 0 Å². The van der Waals surface area contributed by atoms with Crippen molar-refractivity contribution in [2.45, 2.75) is 39.7 Å². The first-order chi connectivity index (χ1) is 9.56. The molecule has 1 amide bonds. The van der Waals surface area contributed by atoms with E-state index in [-0.39, 0.29) is 11.9 Å². The number of amides is 1. The van der Waals surface area contributed by atoms with Crippen LogP contribution in [0.1, 0.15) is 44.0 Å². The second kappa shape index (κ2) is 9.14. The zero-order chi connectivity index (χ0) is 15.0. The summed E-state index contributed by atoms with van der Waals surface area (Å²) in [5.74, 6) is 0.00152. The predicted octanol–water partition coefficient (Wildman–Crippen LogP) is 3.69. The van der Waals surface area contributed by atoms with Crippen LogP contribution < -0.4 is 5.32 Å². The molecule has 0 bridgehead atoms. The number of halogens is 1. The average Bonchev–Trinajstić information content (AvgIpc) is 2.43. The Morgan fingerprint density at radius 2 is 2.05 bits per heavy atom. The fourth-order valence-corrected chi connectivity index (χ4v) is 2.57. The lowest BCUT2D eigenvalue weighted by Gasteiger charge is -2.19. The van der Waals surface area contributed by atoms with E-state index in [1.165, 1.54) is 0 Å². The lowest BCUT2D eigenvalue weighted by atomic mass is 10.1. The van der Waals surface area contributed by atoms with Gasteiger partial charge in [0.2, 0.25) is 0 Å². The lowest BCUT2D eigenvalue weighted by molar-refractivity contribution is 0.0937. The number of benzene rings is 1. The van der Waals surface area contributed by atoms with Gasteiger partial charge in [-0.1, -0.05) is 35.8 Å². The first-order valence-corrected chi connectivity index (χ1v) is 8.14. The summed E-state index contributed by atoms with van der Waals surface area (Å²) in [4.78, 5) is 14.5. The number of carbonyl (C=O) groups is 1. The molecule has 4 heteroatoms. The number of carbonyl (C=O) groups excluding carboxylic acids is 1. The molecule has 0 saturated heterocycles. The van der Waals surface area contributed by atoms with E-state index in [1.54, 1.807) is 0 Å². The molecule has 0 radical (unpaired) electrons. The molecule has 20 heavy (non-hydrogen) atoms. The van der Waals surface area contributed by atoms with Gasteiger partial charge in [0.1, 0.15) is 0 Å². The second-order valence-electron chi connectivity index (χ2n) is 5.05. The van der Waals surface area contributed by atoms with Crippen LogP contribution in [0.5, 0.6) is 0 Å². The van der Waals surface area contributed by atoms with Gasteiger partial charge in [0.05, 0.1) is 0 Å². The van der Waals surface area contributed by atoms with E-state index in [1.807, 2.05) is 24.3 Å². The fourth-order valence-electron chi connectivity index (χ4n) is 2.17. The maximum Gasteiger partial charge on any atom is 0.251 e. The Morgan fingerprint density at radius 3 is 2.65 bits per heavy atom. The van der Waals surface area contributed by atoms with E-state index in [0.717, 1.165) is 36.9 Å². The molecular formula is C16H25BrN2O. The molecule has 1 atom stereocenters. The van der Waals surface area contributed by atoms with Gasteiger partial charge < -0.3 is 10.2 Å². The SMILES string of the molecule is CCN(CC)CCCC(C)NC(=O)c1cccc(Br)c1. The summed E-state index contributed by atoms with van der Waals surface area (Å²) in [6, 6.07) is 7.69. The molecule has 0 aliphatic rings. The number of nitrogens with one attached hydrogen (secondary N) is 1. The maximum absolute atomic E-state index is 12.1. The van der Waals surface area contributed by atoms with E-state index < -0.39 is 0 Å². The Morgan fingerprint density at radius 1 is 1.35 bits per heavy atom. The van der Waals surface area contributed by atoms with Gasteiger partial charge in [-0.05, 0) is 57.6 Å². The van der Waals surface area contributed by atoms with Crippen molar-refractivity contribution in [2.24, 2.45) is 0 Å². The molecule has 0 fully saturated rings. The normalized spacial score (nSPS) is 12.4. The zero-order valence-electron chi connectivity index (χ0n) is 12.7. The number of hydrogen-bond acceptors (Lipinski definition) is 2. The molecule has 0 aliphatic heterocycles. The molecule has 1 aromatic rings. The van der Waals surface area contributed by atoms with Crippen LogP contribution in [-0.4, -0.2) is 36.5 Å². The van der Waals surface area contributed by atoms with Crippen molar-refractivity contribution in [1.29, 1.82) is 0 Å². The van der Waals surface area contributed by atoms with Crippen LogP contribution in [-0.2, 0) is 0 Å². The molecule has 0 aliphatic carbocycles. The minimum absolute atomic E-state index is 0.00152. The topological polar surface area (TPSA) is 32.3 Å².